The summed E-state index contributed by atoms with van der Waals surface area (Å²) in [6, 6.07) is 4.20. The zero-order chi connectivity index (χ0) is 31.2. The number of phenolic OH excluding ortho intramolecular Hbond substituents is 2. The van der Waals surface area contributed by atoms with Crippen LogP contribution in [0, 0.1) is 5.92 Å². The Bertz CT molecular complexity index is 1250. The number of hydrogen-bond acceptors (Lipinski definition) is 15. The van der Waals surface area contributed by atoms with Gasteiger partial charge in [-0.2, -0.15) is 8.42 Å². The summed E-state index contributed by atoms with van der Waals surface area (Å²) in [5.41, 5.74) is 0.791. The SMILES string of the molecule is C/C=C1/[C@H](O[C@@H]2O[C@H](CO)[C@@H](O)[C@H](O)[C@H]2OS(=O)(=O)O)OC=C(C(=O)OC)[C@H]1CC(O)OCCc1ccc(O)c(O)c1. The van der Waals surface area contributed by atoms with E-state index in [-0.39, 0.29) is 42.1 Å². The van der Waals surface area contributed by atoms with Crippen molar-refractivity contribution in [2.24, 2.45) is 5.92 Å². The van der Waals surface area contributed by atoms with Crippen molar-refractivity contribution in [2.75, 3.05) is 20.3 Å². The highest BCUT2D eigenvalue weighted by Crippen LogP contribution is 2.37. The number of ether oxygens (including phenoxy) is 5. The molecule has 0 aliphatic carbocycles. The van der Waals surface area contributed by atoms with Crippen LogP contribution in [-0.2, 0) is 49.5 Å². The molecule has 236 valence electrons. The van der Waals surface area contributed by atoms with E-state index in [4.69, 9.17) is 23.7 Å². The number of carbonyl (C=O) groups is 1. The van der Waals surface area contributed by atoms with Gasteiger partial charge in [-0.15, -0.1) is 0 Å². The van der Waals surface area contributed by atoms with Crippen molar-refractivity contribution < 1.29 is 76.3 Å². The first-order chi connectivity index (χ1) is 19.8. The van der Waals surface area contributed by atoms with E-state index in [2.05, 4.69) is 4.18 Å². The van der Waals surface area contributed by atoms with Crippen molar-refractivity contribution in [3.8, 4) is 11.5 Å². The van der Waals surface area contributed by atoms with Crippen LogP contribution in [0.3, 0.4) is 0 Å². The van der Waals surface area contributed by atoms with Crippen molar-refractivity contribution in [3.05, 3.63) is 47.2 Å². The Morgan fingerprint density at radius 3 is 2.48 bits per heavy atom. The van der Waals surface area contributed by atoms with Crippen LogP contribution >= 0.6 is 0 Å². The Morgan fingerprint density at radius 1 is 1.17 bits per heavy atom. The molecule has 16 nitrogen and oxygen atoms in total. The summed E-state index contributed by atoms with van der Waals surface area (Å²) in [5.74, 6) is -2.35. The lowest BCUT2D eigenvalue weighted by atomic mass is 9.86. The molecular weight excluding hydrogens is 588 g/mol. The van der Waals surface area contributed by atoms with E-state index in [1.165, 1.54) is 18.2 Å². The Hall–Kier alpha value is -2.84. The third-order valence-corrected chi connectivity index (χ3v) is 7.08. The van der Waals surface area contributed by atoms with Gasteiger partial charge in [0.05, 0.1) is 32.2 Å². The van der Waals surface area contributed by atoms with Gasteiger partial charge in [-0.1, -0.05) is 12.1 Å². The van der Waals surface area contributed by atoms with Crippen molar-refractivity contribution in [1.29, 1.82) is 0 Å². The molecule has 0 spiro atoms. The van der Waals surface area contributed by atoms with Gasteiger partial charge in [-0.3, -0.25) is 4.55 Å². The van der Waals surface area contributed by atoms with Crippen LogP contribution < -0.4 is 0 Å². The van der Waals surface area contributed by atoms with Crippen molar-refractivity contribution >= 4 is 16.4 Å². The molecule has 1 fully saturated rings. The molecule has 0 aromatic heterocycles. The number of esters is 1. The molecule has 0 saturated carbocycles. The largest absolute Gasteiger partial charge is 0.504 e. The molecule has 2 aliphatic rings. The molecule has 1 aromatic rings. The normalized spacial score (nSPS) is 29.9. The molecule has 42 heavy (non-hydrogen) atoms. The average molecular weight is 623 g/mol. The number of carbonyl (C=O) groups excluding carboxylic acids is 1. The molecule has 3 rings (SSSR count). The van der Waals surface area contributed by atoms with Crippen LogP contribution in [0.15, 0.2) is 41.7 Å². The summed E-state index contributed by atoms with van der Waals surface area (Å²) in [6.45, 7) is 0.737. The van der Waals surface area contributed by atoms with Crippen LogP contribution in [0.2, 0.25) is 0 Å². The van der Waals surface area contributed by atoms with Crippen molar-refractivity contribution in [3.63, 3.8) is 0 Å². The zero-order valence-electron chi connectivity index (χ0n) is 22.5. The molecule has 7 N–H and O–H groups in total. The predicted molar refractivity (Wildman–Crippen MR) is 138 cm³/mol. The predicted octanol–water partition coefficient (Wildman–Crippen LogP) is -1.02. The smallest absolute Gasteiger partial charge is 0.397 e. The molecule has 8 atom stereocenters. The molecule has 1 aromatic carbocycles. The van der Waals surface area contributed by atoms with E-state index in [1.807, 2.05) is 0 Å². The van der Waals surface area contributed by atoms with Crippen LogP contribution in [0.1, 0.15) is 18.9 Å². The molecular formula is C25H34O16S. The molecule has 17 heteroatoms. The van der Waals surface area contributed by atoms with E-state index >= 15 is 0 Å². The van der Waals surface area contributed by atoms with Crippen LogP contribution in [0.5, 0.6) is 11.5 Å². The lowest BCUT2D eigenvalue weighted by molar-refractivity contribution is -0.323. The average Bonchev–Trinajstić information content (AvgIpc) is 2.93. The summed E-state index contributed by atoms with van der Waals surface area (Å²) in [7, 11) is -4.05. The number of benzene rings is 1. The molecule has 2 heterocycles. The number of allylic oxidation sites excluding steroid dienone is 1. The van der Waals surface area contributed by atoms with Gasteiger partial charge >= 0.3 is 16.4 Å². The fourth-order valence-corrected chi connectivity index (χ4v) is 4.98. The highest BCUT2D eigenvalue weighted by molar-refractivity contribution is 7.80. The maximum Gasteiger partial charge on any atom is 0.397 e. The molecule has 0 amide bonds. The summed E-state index contributed by atoms with van der Waals surface area (Å²) < 4.78 is 63.4. The van der Waals surface area contributed by atoms with E-state index in [9.17, 15) is 48.4 Å². The van der Waals surface area contributed by atoms with E-state index in [0.29, 0.717) is 5.56 Å². The number of hydrogen-bond donors (Lipinski definition) is 7. The molecule has 2 aliphatic heterocycles. The highest BCUT2D eigenvalue weighted by atomic mass is 32.3. The van der Waals surface area contributed by atoms with Gasteiger partial charge in [0, 0.05) is 17.9 Å². The Labute approximate surface area is 240 Å². The van der Waals surface area contributed by atoms with Gasteiger partial charge in [0.15, 0.2) is 30.2 Å². The third kappa shape index (κ3) is 8.38. The monoisotopic (exact) mass is 622 g/mol. The summed E-state index contributed by atoms with van der Waals surface area (Å²) in [4.78, 5) is 12.5. The first-order valence-electron chi connectivity index (χ1n) is 12.6. The van der Waals surface area contributed by atoms with Gasteiger partial charge in [-0.05, 0) is 31.0 Å². The maximum absolute atomic E-state index is 12.5. The van der Waals surface area contributed by atoms with E-state index in [0.717, 1.165) is 13.4 Å². The molecule has 1 saturated heterocycles. The fraction of sp³-hybridized carbons (Fsp3) is 0.560. The fourth-order valence-electron chi connectivity index (χ4n) is 4.50. The number of phenols is 2. The minimum atomic E-state index is -5.18. The van der Waals surface area contributed by atoms with E-state index < -0.39 is 72.2 Å². The summed E-state index contributed by atoms with van der Waals surface area (Å²) >= 11 is 0. The Kier molecular flexibility index (Phi) is 11.7. The Morgan fingerprint density at radius 2 is 1.88 bits per heavy atom. The third-order valence-electron chi connectivity index (χ3n) is 6.62. The van der Waals surface area contributed by atoms with Crippen LogP contribution in [0.4, 0.5) is 0 Å². The topological polar surface area (TPSA) is 248 Å². The van der Waals surface area contributed by atoms with Crippen LogP contribution in [0.25, 0.3) is 0 Å². The zero-order valence-corrected chi connectivity index (χ0v) is 23.4. The summed E-state index contributed by atoms with van der Waals surface area (Å²) in [5, 5.41) is 59.8. The van der Waals surface area contributed by atoms with Gasteiger partial charge in [0.25, 0.3) is 0 Å². The highest BCUT2D eigenvalue weighted by Gasteiger charge is 2.49. The molecule has 0 radical (unpaired) electrons. The number of methoxy groups -OCH3 is 1. The summed E-state index contributed by atoms with van der Waals surface area (Å²) in [6.07, 6.45) is -9.46. The van der Waals surface area contributed by atoms with Gasteiger partial charge in [0.1, 0.15) is 18.3 Å². The number of aliphatic hydroxyl groups excluding tert-OH is 4. The second-order valence-corrected chi connectivity index (χ2v) is 10.4. The molecule has 1 unspecified atom stereocenters. The van der Waals surface area contributed by atoms with Gasteiger partial charge in [0.2, 0.25) is 6.29 Å². The van der Waals surface area contributed by atoms with Crippen molar-refractivity contribution in [1.82, 2.24) is 0 Å². The lowest BCUT2D eigenvalue weighted by Gasteiger charge is -2.43. The second kappa shape index (κ2) is 14.6. The minimum Gasteiger partial charge on any atom is -0.504 e. The molecule has 0 bridgehead atoms. The Balaban J connectivity index is 1.78. The van der Waals surface area contributed by atoms with Crippen LogP contribution in [-0.4, -0.2) is 113 Å². The van der Waals surface area contributed by atoms with Gasteiger partial charge < -0.3 is 54.3 Å². The minimum absolute atomic E-state index is 0.00962. The quantitative estimate of drug-likeness (QED) is 0.0485. The number of rotatable bonds is 12. The second-order valence-electron chi connectivity index (χ2n) is 9.34. The number of aliphatic hydroxyl groups is 4. The lowest BCUT2D eigenvalue weighted by Crippen LogP contribution is -2.61. The standard InChI is InChI=1S/C25H34O16S/c1-3-13-14(9-19(29)37-7-6-12-4-5-16(27)17(28)8-12)15(23(32)36-2)11-38-24(13)40-25-22(41-42(33,34)35)21(31)20(30)18(10-26)39-25/h3-5,8,11,14,18-22,24-31H,6-7,9-10H2,1-2H3,(H,33,34,35)/b13-3+/t14-,18+,19?,20+,21-,22+,24-,25-/m0/s1. The first kappa shape index (κ1) is 33.7. The first-order valence-corrected chi connectivity index (χ1v) is 14.0. The van der Waals surface area contributed by atoms with Gasteiger partial charge in [-0.25, -0.2) is 8.98 Å². The number of aromatic hydroxyl groups is 2. The maximum atomic E-state index is 12.5. The van der Waals surface area contributed by atoms with E-state index in [1.54, 1.807) is 13.0 Å². The van der Waals surface area contributed by atoms with Crippen molar-refractivity contribution in [2.45, 2.75) is 63.1 Å².